The Balaban J connectivity index is 1.19. The highest BCUT2D eigenvalue weighted by Crippen LogP contribution is 2.40. The normalized spacial score (nSPS) is 12.0. The molecule has 3 heterocycles. The highest BCUT2D eigenvalue weighted by molar-refractivity contribution is 7.20. The van der Waals surface area contributed by atoms with Crippen molar-refractivity contribution in [3.8, 4) is 17.4 Å². The zero-order valence-corrected chi connectivity index (χ0v) is 34.4. The molecule has 3 aromatic heterocycles. The van der Waals surface area contributed by atoms with Gasteiger partial charge in [-0.1, -0.05) is 145 Å². The van der Waals surface area contributed by atoms with Gasteiger partial charge in [-0.2, -0.15) is 5.26 Å². The molecule has 0 aliphatic rings. The molecule has 0 fully saturated rings. The fraction of sp³-hybridized carbons (Fsp3) is 0.0179. The molecule has 0 unspecified atom stereocenters. The monoisotopic (exact) mass is 795 g/mol. The molecule has 61 heavy (non-hydrogen) atoms. The van der Waals surface area contributed by atoms with Crippen LogP contribution in [0.1, 0.15) is 11.1 Å². The highest BCUT2D eigenvalue weighted by Gasteiger charge is 2.42. The van der Waals surface area contributed by atoms with Gasteiger partial charge in [0, 0.05) is 43.7 Å². The summed E-state index contributed by atoms with van der Waals surface area (Å²) in [5.41, 5.74) is 10.0. The summed E-state index contributed by atoms with van der Waals surface area (Å²) in [6, 6.07) is 77.0. The average Bonchev–Trinajstić information content (AvgIpc) is 3.98. The number of hydrogen-bond donors (Lipinski definition) is 0. The number of aromatic nitrogens is 2. The van der Waals surface area contributed by atoms with Crippen molar-refractivity contribution in [1.29, 1.82) is 5.26 Å². The summed E-state index contributed by atoms with van der Waals surface area (Å²) in [6.45, 7) is 2.15. The van der Waals surface area contributed by atoms with E-state index in [0.717, 1.165) is 66.0 Å². The van der Waals surface area contributed by atoms with Crippen LogP contribution in [0.5, 0.6) is 0 Å². The molecule has 0 saturated heterocycles. The second-order valence-electron chi connectivity index (χ2n) is 16.1. The van der Waals surface area contributed by atoms with Gasteiger partial charge in [0.25, 0.3) is 0 Å². The Morgan fingerprint density at radius 2 is 1.02 bits per heavy atom. The fourth-order valence-electron chi connectivity index (χ4n) is 10.1. The van der Waals surface area contributed by atoms with Crippen molar-refractivity contribution in [2.75, 3.05) is 0 Å². The molecule has 12 rings (SSSR count). The van der Waals surface area contributed by atoms with Crippen LogP contribution in [0.2, 0.25) is 0 Å². The third-order valence-electron chi connectivity index (χ3n) is 12.7. The van der Waals surface area contributed by atoms with Gasteiger partial charge in [0.2, 0.25) is 0 Å². The van der Waals surface area contributed by atoms with Crippen LogP contribution in [-0.2, 0) is 0 Å². The Hall–Kier alpha value is -7.91. The van der Waals surface area contributed by atoms with Crippen LogP contribution >= 0.6 is 0 Å². The molecule has 4 nitrogen and oxygen atoms in total. The maximum atomic E-state index is 10.9. The van der Waals surface area contributed by atoms with Gasteiger partial charge in [0.05, 0.1) is 33.7 Å². The van der Waals surface area contributed by atoms with Gasteiger partial charge in [-0.15, -0.1) is 0 Å². The molecule has 0 bridgehead atoms. The van der Waals surface area contributed by atoms with Crippen molar-refractivity contribution in [2.24, 2.45) is 0 Å². The van der Waals surface area contributed by atoms with Gasteiger partial charge >= 0.3 is 0 Å². The Bertz CT molecular complexity index is 3700. The number of rotatable bonds is 6. The number of fused-ring (bicyclic) bond motifs is 10. The first-order valence-corrected chi connectivity index (χ1v) is 22.7. The first-order chi connectivity index (χ1) is 30.1. The van der Waals surface area contributed by atoms with Crippen molar-refractivity contribution in [1.82, 2.24) is 9.13 Å². The minimum Gasteiger partial charge on any atom is -0.454 e. The quantitative estimate of drug-likeness (QED) is 0.124. The van der Waals surface area contributed by atoms with Gasteiger partial charge < -0.3 is 13.6 Å². The van der Waals surface area contributed by atoms with E-state index in [9.17, 15) is 5.26 Å². The third kappa shape index (κ3) is 5.16. The lowest BCUT2D eigenvalue weighted by molar-refractivity contribution is 0.671. The van der Waals surface area contributed by atoms with E-state index in [1.807, 2.05) is 6.07 Å². The van der Waals surface area contributed by atoms with Crippen LogP contribution in [0.4, 0.5) is 0 Å². The van der Waals surface area contributed by atoms with Crippen LogP contribution in [-0.4, -0.2) is 17.2 Å². The molecule has 0 aliphatic carbocycles. The van der Waals surface area contributed by atoms with E-state index >= 15 is 0 Å². The van der Waals surface area contributed by atoms with Crippen molar-refractivity contribution in [3.05, 3.63) is 217 Å². The number of aryl methyl sites for hydroxylation is 1. The summed E-state index contributed by atoms with van der Waals surface area (Å²) >= 11 is 0. The van der Waals surface area contributed by atoms with E-state index < -0.39 is 8.07 Å². The van der Waals surface area contributed by atoms with Crippen molar-refractivity contribution in [2.45, 2.75) is 6.92 Å². The highest BCUT2D eigenvalue weighted by atomic mass is 28.3. The third-order valence-corrected chi connectivity index (χ3v) is 17.4. The summed E-state index contributed by atoms with van der Waals surface area (Å²) in [5, 5.41) is 22.6. The number of nitriles is 1. The molecule has 0 amide bonds. The Labute approximate surface area is 353 Å². The Morgan fingerprint density at radius 3 is 1.75 bits per heavy atom. The van der Waals surface area contributed by atoms with Crippen LogP contribution in [0, 0.1) is 18.3 Å². The van der Waals surface area contributed by atoms with Gasteiger partial charge in [0.1, 0.15) is 5.58 Å². The SMILES string of the molecule is Cc1ccc2c(c1)c1ccccc1n2-c1cc(C#N)cc([Si](c2ccccc2)(c2ccccc2)c2cccc(-n3c4ccccc4c4ccc5c6ccccc6oc5c43)c2)c1. The van der Waals surface area contributed by atoms with Crippen molar-refractivity contribution >= 4 is 94.4 Å². The van der Waals surface area contributed by atoms with E-state index in [-0.39, 0.29) is 0 Å². The van der Waals surface area contributed by atoms with E-state index in [2.05, 4.69) is 222 Å². The Kier molecular flexibility index (Phi) is 7.80. The number of nitrogens with zero attached hydrogens (tertiary/aromatic N) is 3. The van der Waals surface area contributed by atoms with E-state index in [4.69, 9.17) is 4.42 Å². The molecule has 0 spiro atoms. The second kappa shape index (κ2) is 13.6. The zero-order chi connectivity index (χ0) is 40.7. The van der Waals surface area contributed by atoms with Gasteiger partial charge in [-0.05, 0) is 94.4 Å². The van der Waals surface area contributed by atoms with E-state index in [1.165, 1.54) is 37.3 Å². The van der Waals surface area contributed by atoms with E-state index in [1.54, 1.807) is 0 Å². The standard InChI is InChI=1S/C56H37N3OSi/c1-37-27-30-53-50(31-37)46-22-9-11-24-51(46)58(53)40-32-38(36-57)33-44(35-40)61(41-16-4-2-5-17-41,42-18-6-3-7-19-42)43-20-14-15-39(34-43)59-52-25-12-8-21-45(52)48-28-29-49-47-23-10-13-26-54(47)60-56(49)55(48)59/h2-35H,1H3. The molecular weight excluding hydrogens is 759 g/mol. The molecule has 0 radical (unpaired) electrons. The average molecular weight is 796 g/mol. The molecule has 0 N–H and O–H groups in total. The summed E-state index contributed by atoms with van der Waals surface area (Å²) < 4.78 is 11.5. The smallest absolute Gasteiger partial charge is 0.179 e. The summed E-state index contributed by atoms with van der Waals surface area (Å²) in [4.78, 5) is 0. The molecule has 9 aromatic carbocycles. The Morgan fingerprint density at radius 1 is 0.426 bits per heavy atom. The number of hydrogen-bond acceptors (Lipinski definition) is 2. The van der Waals surface area contributed by atoms with Crippen molar-refractivity contribution in [3.63, 3.8) is 0 Å². The molecule has 5 heteroatoms. The molecule has 0 saturated carbocycles. The topological polar surface area (TPSA) is 46.8 Å². The number of furan rings is 1. The first kappa shape index (κ1) is 35.1. The second-order valence-corrected chi connectivity index (χ2v) is 19.9. The molecule has 286 valence electrons. The van der Waals surface area contributed by atoms with Crippen LogP contribution in [0.3, 0.4) is 0 Å². The zero-order valence-electron chi connectivity index (χ0n) is 33.4. The largest absolute Gasteiger partial charge is 0.454 e. The minimum absolute atomic E-state index is 0.625. The predicted octanol–water partition coefficient (Wildman–Crippen LogP) is 11.3. The van der Waals surface area contributed by atoms with Crippen LogP contribution in [0.25, 0.3) is 76.9 Å². The van der Waals surface area contributed by atoms with E-state index in [0.29, 0.717) is 5.56 Å². The molecule has 0 atom stereocenters. The maximum Gasteiger partial charge on any atom is 0.179 e. The molecule has 0 aliphatic heterocycles. The van der Waals surface area contributed by atoms with Gasteiger partial charge in [0.15, 0.2) is 13.7 Å². The molecule has 12 aromatic rings. The van der Waals surface area contributed by atoms with Gasteiger partial charge in [-0.25, -0.2) is 0 Å². The lowest BCUT2D eigenvalue weighted by Crippen LogP contribution is -2.74. The minimum atomic E-state index is -3.20. The lowest BCUT2D eigenvalue weighted by atomic mass is 10.1. The lowest BCUT2D eigenvalue weighted by Gasteiger charge is -2.35. The fourth-order valence-corrected chi connectivity index (χ4v) is 15.0. The number of benzene rings is 9. The summed E-state index contributed by atoms with van der Waals surface area (Å²) in [6.07, 6.45) is 0. The predicted molar refractivity (Wildman–Crippen MR) is 255 cm³/mol. The maximum absolute atomic E-state index is 10.9. The summed E-state index contributed by atoms with van der Waals surface area (Å²) in [5.74, 6) is 0. The first-order valence-electron chi connectivity index (χ1n) is 20.7. The van der Waals surface area contributed by atoms with Gasteiger partial charge in [-0.3, -0.25) is 0 Å². The summed E-state index contributed by atoms with van der Waals surface area (Å²) in [7, 11) is -3.20. The molecular formula is C56H37N3OSi. The van der Waals surface area contributed by atoms with Crippen LogP contribution in [0.15, 0.2) is 211 Å². The van der Waals surface area contributed by atoms with Crippen LogP contribution < -0.4 is 20.7 Å². The number of para-hydroxylation sites is 3. The van der Waals surface area contributed by atoms with Crippen molar-refractivity contribution < 1.29 is 4.42 Å².